The zero-order valence-corrected chi connectivity index (χ0v) is 14.1. The second-order valence-corrected chi connectivity index (χ2v) is 5.58. The zero-order valence-electron chi connectivity index (χ0n) is 14.1. The first kappa shape index (κ1) is 18.4. The molecule has 0 saturated heterocycles. The molecular formula is C19H20FNO4. The van der Waals surface area contributed by atoms with E-state index in [9.17, 15) is 19.1 Å². The second-order valence-electron chi connectivity index (χ2n) is 5.58. The number of hydrogen-bond donors (Lipinski definition) is 2. The number of methoxy groups -OCH3 is 1. The largest absolute Gasteiger partial charge is 0.494 e. The van der Waals surface area contributed by atoms with E-state index in [4.69, 9.17) is 4.74 Å². The molecule has 0 aliphatic carbocycles. The number of amides is 1. The van der Waals surface area contributed by atoms with Crippen molar-refractivity contribution < 1.29 is 23.8 Å². The molecule has 0 heterocycles. The summed E-state index contributed by atoms with van der Waals surface area (Å²) in [5.41, 5.74) is 2.07. The maximum absolute atomic E-state index is 13.8. The quantitative estimate of drug-likeness (QED) is 0.809. The minimum atomic E-state index is -1.33. The summed E-state index contributed by atoms with van der Waals surface area (Å²) >= 11 is 0. The van der Waals surface area contributed by atoms with Crippen molar-refractivity contribution in [2.45, 2.75) is 25.8 Å². The SMILES string of the molecule is CCc1ccc(CC(=O)NC(C(=O)O)c2ccc(OC)c(F)c2)cc1. The molecule has 0 saturated carbocycles. The molecule has 5 nitrogen and oxygen atoms in total. The van der Waals surface area contributed by atoms with Crippen molar-refractivity contribution in [3.8, 4) is 5.75 Å². The van der Waals surface area contributed by atoms with Gasteiger partial charge in [0.25, 0.3) is 0 Å². The number of hydrogen-bond acceptors (Lipinski definition) is 3. The highest BCUT2D eigenvalue weighted by atomic mass is 19.1. The maximum atomic E-state index is 13.8. The number of carboxylic acid groups (broad SMARTS) is 1. The third-order valence-corrected chi connectivity index (χ3v) is 3.86. The van der Waals surface area contributed by atoms with Gasteiger partial charge in [0.1, 0.15) is 0 Å². The summed E-state index contributed by atoms with van der Waals surface area (Å²) in [7, 11) is 1.32. The fraction of sp³-hybridized carbons (Fsp3) is 0.263. The van der Waals surface area contributed by atoms with Crippen molar-refractivity contribution in [1.29, 1.82) is 0 Å². The van der Waals surface area contributed by atoms with E-state index < -0.39 is 23.7 Å². The number of aryl methyl sites for hydroxylation is 1. The van der Waals surface area contributed by atoms with E-state index in [0.29, 0.717) is 0 Å². The van der Waals surface area contributed by atoms with Gasteiger partial charge >= 0.3 is 5.97 Å². The van der Waals surface area contributed by atoms with E-state index >= 15 is 0 Å². The highest BCUT2D eigenvalue weighted by molar-refractivity contribution is 5.85. The number of carboxylic acids is 1. The van der Waals surface area contributed by atoms with Crippen LogP contribution in [0.4, 0.5) is 4.39 Å². The van der Waals surface area contributed by atoms with E-state index in [1.54, 1.807) is 0 Å². The average molecular weight is 345 g/mol. The van der Waals surface area contributed by atoms with Crippen LogP contribution in [0.2, 0.25) is 0 Å². The van der Waals surface area contributed by atoms with Gasteiger partial charge in [0.2, 0.25) is 5.91 Å². The highest BCUT2D eigenvalue weighted by Gasteiger charge is 2.23. The van der Waals surface area contributed by atoms with Crippen LogP contribution < -0.4 is 10.1 Å². The number of carbonyl (C=O) groups is 2. The molecule has 2 aromatic rings. The number of aliphatic carboxylic acids is 1. The fourth-order valence-corrected chi connectivity index (χ4v) is 2.44. The van der Waals surface area contributed by atoms with Crippen LogP contribution in [0.25, 0.3) is 0 Å². The van der Waals surface area contributed by atoms with Crippen LogP contribution in [-0.2, 0) is 22.4 Å². The first-order chi connectivity index (χ1) is 11.9. The number of carbonyl (C=O) groups excluding carboxylic acids is 1. The van der Waals surface area contributed by atoms with E-state index in [1.807, 2.05) is 31.2 Å². The first-order valence-electron chi connectivity index (χ1n) is 7.88. The molecule has 2 aromatic carbocycles. The van der Waals surface area contributed by atoms with Crippen molar-refractivity contribution in [3.63, 3.8) is 0 Å². The van der Waals surface area contributed by atoms with Gasteiger partial charge in [0, 0.05) is 0 Å². The Morgan fingerprint density at radius 3 is 2.32 bits per heavy atom. The number of halogens is 1. The molecule has 1 atom stereocenters. The van der Waals surface area contributed by atoms with E-state index in [1.165, 1.54) is 19.2 Å². The molecule has 0 aliphatic rings. The van der Waals surface area contributed by atoms with Crippen molar-refractivity contribution in [2.75, 3.05) is 7.11 Å². The summed E-state index contributed by atoms with van der Waals surface area (Å²) < 4.78 is 18.6. The van der Waals surface area contributed by atoms with E-state index in [2.05, 4.69) is 5.32 Å². The topological polar surface area (TPSA) is 75.6 Å². The lowest BCUT2D eigenvalue weighted by Crippen LogP contribution is -2.34. The Labute approximate surface area is 145 Å². The van der Waals surface area contributed by atoms with Crippen LogP contribution in [-0.4, -0.2) is 24.1 Å². The van der Waals surface area contributed by atoms with Gasteiger partial charge in [-0.15, -0.1) is 0 Å². The van der Waals surface area contributed by atoms with E-state index in [0.717, 1.165) is 23.6 Å². The minimum absolute atomic E-state index is 0.00947. The summed E-state index contributed by atoms with van der Waals surface area (Å²) in [6, 6.07) is 9.98. The number of rotatable bonds is 7. The maximum Gasteiger partial charge on any atom is 0.330 e. The third kappa shape index (κ3) is 4.79. The zero-order chi connectivity index (χ0) is 18.4. The lowest BCUT2D eigenvalue weighted by atomic mass is 10.0. The molecule has 0 spiro atoms. The normalized spacial score (nSPS) is 11.6. The summed E-state index contributed by atoms with van der Waals surface area (Å²) in [6.07, 6.45) is 0.947. The van der Waals surface area contributed by atoms with Gasteiger partial charge in [-0.1, -0.05) is 37.3 Å². The van der Waals surface area contributed by atoms with E-state index in [-0.39, 0.29) is 17.7 Å². The van der Waals surface area contributed by atoms with Crippen LogP contribution in [0.3, 0.4) is 0 Å². The van der Waals surface area contributed by atoms with Gasteiger partial charge in [0.15, 0.2) is 17.6 Å². The van der Waals surface area contributed by atoms with Crippen LogP contribution in [0.1, 0.15) is 29.7 Å². The van der Waals surface area contributed by atoms with Crippen molar-refractivity contribution >= 4 is 11.9 Å². The standard InChI is InChI=1S/C19H20FNO4/c1-3-12-4-6-13(7-5-12)10-17(22)21-18(19(23)24)14-8-9-16(25-2)15(20)11-14/h4-9,11,18H,3,10H2,1-2H3,(H,21,22)(H,23,24). The molecule has 1 unspecified atom stereocenters. The third-order valence-electron chi connectivity index (χ3n) is 3.86. The fourth-order valence-electron chi connectivity index (χ4n) is 2.44. The first-order valence-corrected chi connectivity index (χ1v) is 7.88. The van der Waals surface area contributed by atoms with Gasteiger partial charge < -0.3 is 15.2 Å². The second kappa shape index (κ2) is 8.28. The Morgan fingerprint density at radius 2 is 1.80 bits per heavy atom. The Balaban J connectivity index is 2.11. The molecular weight excluding hydrogens is 325 g/mol. The Kier molecular flexibility index (Phi) is 6.11. The molecule has 0 radical (unpaired) electrons. The highest BCUT2D eigenvalue weighted by Crippen LogP contribution is 2.22. The molecule has 2 rings (SSSR count). The molecule has 0 fully saturated rings. The molecule has 25 heavy (non-hydrogen) atoms. The van der Waals surface area contributed by atoms with Crippen LogP contribution in [0, 0.1) is 5.82 Å². The minimum Gasteiger partial charge on any atom is -0.494 e. The van der Waals surface area contributed by atoms with Gasteiger partial charge in [-0.05, 0) is 35.2 Å². The average Bonchev–Trinajstić information content (AvgIpc) is 2.60. The molecule has 2 N–H and O–H groups in total. The number of ether oxygens (including phenoxy) is 1. The van der Waals surface area contributed by atoms with Gasteiger partial charge in [0.05, 0.1) is 13.5 Å². The van der Waals surface area contributed by atoms with Gasteiger partial charge in [-0.3, -0.25) is 4.79 Å². The predicted octanol–water partition coefficient (Wildman–Crippen LogP) is 2.88. The summed E-state index contributed by atoms with van der Waals surface area (Å²) in [6.45, 7) is 2.03. The predicted molar refractivity (Wildman–Crippen MR) is 91.0 cm³/mol. The Bertz CT molecular complexity index is 759. The molecule has 0 aromatic heterocycles. The lowest BCUT2D eigenvalue weighted by molar-refractivity contribution is -0.142. The van der Waals surface area contributed by atoms with Crippen LogP contribution in [0.5, 0.6) is 5.75 Å². The van der Waals surface area contributed by atoms with Gasteiger partial charge in [-0.2, -0.15) is 0 Å². The number of benzene rings is 2. The van der Waals surface area contributed by atoms with Crippen molar-refractivity contribution in [1.82, 2.24) is 5.32 Å². The van der Waals surface area contributed by atoms with Crippen molar-refractivity contribution in [2.24, 2.45) is 0 Å². The molecule has 6 heteroatoms. The number of nitrogens with one attached hydrogen (secondary N) is 1. The molecule has 1 amide bonds. The Hall–Kier alpha value is -2.89. The smallest absolute Gasteiger partial charge is 0.330 e. The lowest BCUT2D eigenvalue weighted by Gasteiger charge is -2.16. The summed E-state index contributed by atoms with van der Waals surface area (Å²) in [5, 5.41) is 11.8. The summed E-state index contributed by atoms with van der Waals surface area (Å²) in [5.74, 6) is -2.39. The van der Waals surface area contributed by atoms with Gasteiger partial charge in [-0.25, -0.2) is 9.18 Å². The monoisotopic (exact) mass is 345 g/mol. The molecule has 0 aliphatic heterocycles. The van der Waals surface area contributed by atoms with Crippen molar-refractivity contribution in [3.05, 3.63) is 65.0 Å². The molecule has 132 valence electrons. The van der Waals surface area contributed by atoms with Crippen LogP contribution in [0.15, 0.2) is 42.5 Å². The van der Waals surface area contributed by atoms with Crippen LogP contribution >= 0.6 is 0 Å². The Morgan fingerprint density at radius 1 is 1.16 bits per heavy atom. The molecule has 0 bridgehead atoms. The summed E-state index contributed by atoms with van der Waals surface area (Å²) in [4.78, 5) is 23.6.